The molecular formula is C26H28ClF2N3O. The van der Waals surface area contributed by atoms with Crippen LogP contribution in [0.2, 0.25) is 5.02 Å². The van der Waals surface area contributed by atoms with E-state index in [-0.39, 0.29) is 12.0 Å². The standard InChI is InChI=1S/C26H28ClF2N3O/c1-5-16(2)26(14-22-23(28)7-6-8-24(22)29)33-32-18(4)17(3)30-12-11-19-15-31-25-10-9-20(27)13-21(19)25/h6-10,13,15,31H,5,11-12,14H2,1-4H3. The van der Waals surface area contributed by atoms with Crippen molar-refractivity contribution in [2.75, 3.05) is 6.54 Å². The van der Waals surface area contributed by atoms with E-state index in [0.717, 1.165) is 34.2 Å². The fourth-order valence-corrected chi connectivity index (χ4v) is 3.50. The van der Waals surface area contributed by atoms with Gasteiger partial charge in [-0.2, -0.15) is 0 Å². The number of fused-ring (bicyclic) bond motifs is 1. The molecule has 4 nitrogen and oxygen atoms in total. The number of aromatic amines is 1. The van der Waals surface area contributed by atoms with E-state index in [0.29, 0.717) is 29.5 Å². The first-order valence-electron chi connectivity index (χ1n) is 10.9. The molecule has 0 radical (unpaired) electrons. The summed E-state index contributed by atoms with van der Waals surface area (Å²) in [6.07, 6.45) is 3.40. The van der Waals surface area contributed by atoms with Crippen LogP contribution in [0, 0.1) is 11.6 Å². The fraction of sp³-hybridized carbons (Fsp3) is 0.308. The van der Waals surface area contributed by atoms with Gasteiger partial charge < -0.3 is 9.82 Å². The number of aromatic nitrogens is 1. The number of aliphatic imine (C=N–C) groups is 1. The van der Waals surface area contributed by atoms with Crippen molar-refractivity contribution in [2.45, 2.75) is 47.0 Å². The number of rotatable bonds is 9. The predicted molar refractivity (Wildman–Crippen MR) is 132 cm³/mol. The third kappa shape index (κ3) is 6.29. The number of allylic oxidation sites excluding steroid dienone is 2. The van der Waals surface area contributed by atoms with Crippen molar-refractivity contribution in [3.63, 3.8) is 0 Å². The van der Waals surface area contributed by atoms with Gasteiger partial charge in [0.15, 0.2) is 0 Å². The van der Waals surface area contributed by atoms with E-state index in [4.69, 9.17) is 16.4 Å². The Morgan fingerprint density at radius 3 is 2.48 bits per heavy atom. The molecule has 1 N–H and O–H groups in total. The molecule has 0 unspecified atom stereocenters. The molecule has 7 heteroatoms. The molecule has 0 aliphatic heterocycles. The van der Waals surface area contributed by atoms with Gasteiger partial charge in [-0.05, 0) is 75.1 Å². The fourth-order valence-electron chi connectivity index (χ4n) is 3.33. The second kappa shape index (κ2) is 11.2. The topological polar surface area (TPSA) is 49.7 Å². The van der Waals surface area contributed by atoms with Crippen LogP contribution in [0.15, 0.2) is 64.1 Å². The minimum absolute atomic E-state index is 0.00568. The summed E-state index contributed by atoms with van der Waals surface area (Å²) < 4.78 is 28.2. The molecule has 3 aromatic rings. The second-order valence-corrected chi connectivity index (χ2v) is 8.36. The van der Waals surface area contributed by atoms with Crippen LogP contribution in [0.5, 0.6) is 0 Å². The van der Waals surface area contributed by atoms with E-state index in [9.17, 15) is 8.78 Å². The van der Waals surface area contributed by atoms with Crippen molar-refractivity contribution in [1.82, 2.24) is 4.98 Å². The summed E-state index contributed by atoms with van der Waals surface area (Å²) in [5, 5.41) is 5.98. The van der Waals surface area contributed by atoms with Gasteiger partial charge in [0.2, 0.25) is 0 Å². The highest BCUT2D eigenvalue weighted by Gasteiger charge is 2.14. The van der Waals surface area contributed by atoms with E-state index < -0.39 is 11.6 Å². The SMILES string of the molecule is CCC(C)=C(Cc1c(F)cccc1F)ON=C(C)C(C)=NCCc1c[nH]c2ccc(Cl)cc12. The highest BCUT2D eigenvalue weighted by atomic mass is 35.5. The molecule has 0 amide bonds. The maximum absolute atomic E-state index is 14.1. The van der Waals surface area contributed by atoms with Crippen molar-refractivity contribution < 1.29 is 13.6 Å². The summed E-state index contributed by atoms with van der Waals surface area (Å²) >= 11 is 6.12. The van der Waals surface area contributed by atoms with Gasteiger partial charge >= 0.3 is 0 Å². The Morgan fingerprint density at radius 2 is 1.79 bits per heavy atom. The number of hydrogen-bond donors (Lipinski definition) is 1. The Morgan fingerprint density at radius 1 is 1.06 bits per heavy atom. The molecule has 3 rings (SSSR count). The van der Waals surface area contributed by atoms with Crippen molar-refractivity contribution >= 4 is 33.9 Å². The molecular weight excluding hydrogens is 444 g/mol. The summed E-state index contributed by atoms with van der Waals surface area (Å²) in [7, 11) is 0. The Labute approximate surface area is 198 Å². The van der Waals surface area contributed by atoms with Gasteiger partial charge in [-0.1, -0.05) is 29.7 Å². The first-order valence-corrected chi connectivity index (χ1v) is 11.3. The van der Waals surface area contributed by atoms with Crippen LogP contribution in [0.4, 0.5) is 8.78 Å². The minimum atomic E-state index is -0.600. The van der Waals surface area contributed by atoms with Crippen molar-refractivity contribution in [3.05, 3.63) is 81.7 Å². The van der Waals surface area contributed by atoms with Crippen molar-refractivity contribution in [1.29, 1.82) is 0 Å². The van der Waals surface area contributed by atoms with E-state index in [1.807, 2.05) is 45.2 Å². The van der Waals surface area contributed by atoms with Gasteiger partial charge in [-0.25, -0.2) is 8.78 Å². The average Bonchev–Trinajstić information content (AvgIpc) is 3.19. The maximum atomic E-state index is 14.1. The first-order chi connectivity index (χ1) is 15.8. The second-order valence-electron chi connectivity index (χ2n) is 7.92. The Balaban J connectivity index is 1.68. The molecule has 33 heavy (non-hydrogen) atoms. The Bertz CT molecular complexity index is 1210. The maximum Gasteiger partial charge on any atom is 0.138 e. The molecule has 2 aromatic carbocycles. The smallest absolute Gasteiger partial charge is 0.138 e. The molecule has 1 aromatic heterocycles. The minimum Gasteiger partial charge on any atom is -0.361 e. The van der Waals surface area contributed by atoms with E-state index in [2.05, 4.69) is 15.1 Å². The van der Waals surface area contributed by atoms with Crippen LogP contribution in [-0.4, -0.2) is 23.0 Å². The third-order valence-electron chi connectivity index (χ3n) is 5.68. The molecule has 0 saturated heterocycles. The first kappa shape index (κ1) is 24.6. The van der Waals surface area contributed by atoms with E-state index in [1.165, 1.54) is 18.2 Å². The van der Waals surface area contributed by atoms with Crippen molar-refractivity contribution in [2.24, 2.45) is 10.1 Å². The highest BCUT2D eigenvalue weighted by Crippen LogP contribution is 2.23. The van der Waals surface area contributed by atoms with Gasteiger partial charge in [0, 0.05) is 40.7 Å². The zero-order chi connectivity index (χ0) is 24.0. The van der Waals surface area contributed by atoms with E-state index >= 15 is 0 Å². The number of halogens is 3. The molecule has 0 aliphatic rings. The summed E-state index contributed by atoms with van der Waals surface area (Å²) in [6.45, 7) is 8.06. The third-order valence-corrected chi connectivity index (χ3v) is 5.92. The van der Waals surface area contributed by atoms with Gasteiger partial charge in [0.1, 0.15) is 17.4 Å². The average molecular weight is 472 g/mol. The molecule has 0 aliphatic carbocycles. The molecule has 1 heterocycles. The zero-order valence-corrected chi connectivity index (χ0v) is 20.1. The van der Waals surface area contributed by atoms with Gasteiger partial charge in [0.05, 0.1) is 11.4 Å². The molecule has 0 fully saturated rings. The zero-order valence-electron chi connectivity index (χ0n) is 19.3. The molecule has 0 atom stereocenters. The summed E-state index contributed by atoms with van der Waals surface area (Å²) in [4.78, 5) is 13.5. The monoisotopic (exact) mass is 471 g/mol. The van der Waals surface area contributed by atoms with Crippen molar-refractivity contribution in [3.8, 4) is 0 Å². The van der Waals surface area contributed by atoms with Gasteiger partial charge in [-0.3, -0.25) is 4.99 Å². The summed E-state index contributed by atoms with van der Waals surface area (Å²) in [6, 6.07) is 9.59. The number of H-pyrrole nitrogens is 1. The number of nitrogens with zero attached hydrogens (tertiary/aromatic N) is 2. The van der Waals surface area contributed by atoms with Gasteiger partial charge in [0.25, 0.3) is 0 Å². The lowest BCUT2D eigenvalue weighted by molar-refractivity contribution is 0.215. The van der Waals surface area contributed by atoms with Gasteiger partial charge in [-0.15, -0.1) is 0 Å². The lowest BCUT2D eigenvalue weighted by Gasteiger charge is -2.11. The van der Waals surface area contributed by atoms with Crippen LogP contribution >= 0.6 is 11.6 Å². The Hall–Kier alpha value is -2.99. The number of benzene rings is 2. The van der Waals surface area contributed by atoms with Crippen LogP contribution in [0.3, 0.4) is 0 Å². The molecule has 0 spiro atoms. The molecule has 0 saturated carbocycles. The predicted octanol–water partition coefficient (Wildman–Crippen LogP) is 7.42. The molecule has 174 valence electrons. The number of nitrogens with one attached hydrogen (secondary N) is 1. The quantitative estimate of drug-likeness (QED) is 0.197. The highest BCUT2D eigenvalue weighted by molar-refractivity contribution is 6.40. The summed E-state index contributed by atoms with van der Waals surface area (Å²) in [5.74, 6) is -0.765. The lowest BCUT2D eigenvalue weighted by Crippen LogP contribution is -2.09. The lowest BCUT2D eigenvalue weighted by atomic mass is 10.1. The number of hydrogen-bond acceptors (Lipinski definition) is 3. The normalized spacial score (nSPS) is 13.4. The molecule has 0 bridgehead atoms. The van der Waals surface area contributed by atoms with Crippen LogP contribution in [0.25, 0.3) is 10.9 Å². The summed E-state index contributed by atoms with van der Waals surface area (Å²) in [5.41, 5.74) is 4.37. The van der Waals surface area contributed by atoms with E-state index in [1.54, 1.807) is 6.92 Å². The van der Waals surface area contributed by atoms with Crippen LogP contribution in [0.1, 0.15) is 45.2 Å². The number of oxime groups is 1. The Kier molecular flexibility index (Phi) is 8.39. The van der Waals surface area contributed by atoms with Crippen LogP contribution in [-0.2, 0) is 17.7 Å². The van der Waals surface area contributed by atoms with Crippen LogP contribution < -0.4 is 0 Å². The largest absolute Gasteiger partial charge is 0.361 e.